The molecule has 0 heterocycles. The van der Waals surface area contributed by atoms with E-state index in [4.69, 9.17) is 4.74 Å². The number of nitrogens with zero attached hydrogens (tertiary/aromatic N) is 1. The zero-order chi connectivity index (χ0) is 33.0. The molecule has 45 heavy (non-hydrogen) atoms. The summed E-state index contributed by atoms with van der Waals surface area (Å²) in [5.74, 6) is -1.17. The van der Waals surface area contributed by atoms with Gasteiger partial charge >= 0.3 is 6.09 Å². The minimum Gasteiger partial charge on any atom is -0.444 e. The smallest absolute Gasteiger partial charge is 0.407 e. The molecule has 3 rings (SSSR count). The third-order valence-electron chi connectivity index (χ3n) is 7.38. The highest BCUT2D eigenvalue weighted by molar-refractivity contribution is 5.86. The number of nitrogens with one attached hydrogen (secondary N) is 2. The number of carbonyl (C=O) groups excluding carboxylic acids is 3. The first kappa shape index (κ1) is 35.3. The molecule has 0 aliphatic rings. The average Bonchev–Trinajstić information content (AvgIpc) is 2.98. The van der Waals surface area contributed by atoms with E-state index in [0.717, 1.165) is 16.7 Å². The topological polar surface area (TPSA) is 108 Å². The first-order chi connectivity index (χ1) is 21.2. The zero-order valence-corrected chi connectivity index (χ0v) is 27.5. The molecule has 0 unspecified atom stereocenters. The van der Waals surface area contributed by atoms with E-state index < -0.39 is 35.3 Å². The highest BCUT2D eigenvalue weighted by Crippen LogP contribution is 2.25. The normalized spacial score (nSPS) is 13.7. The summed E-state index contributed by atoms with van der Waals surface area (Å²) in [7, 11) is 0. The Morgan fingerprint density at radius 3 is 1.73 bits per heavy atom. The van der Waals surface area contributed by atoms with Crippen molar-refractivity contribution in [2.45, 2.75) is 90.6 Å². The minimum atomic E-state index is -1.08. The van der Waals surface area contributed by atoms with Gasteiger partial charge in [-0.05, 0) is 77.5 Å². The Morgan fingerprint density at radius 2 is 1.24 bits per heavy atom. The number of benzene rings is 3. The van der Waals surface area contributed by atoms with Gasteiger partial charge in [0.2, 0.25) is 11.8 Å². The van der Waals surface area contributed by atoms with E-state index in [-0.39, 0.29) is 24.8 Å². The molecule has 0 aliphatic heterocycles. The van der Waals surface area contributed by atoms with Crippen molar-refractivity contribution in [1.29, 1.82) is 0 Å². The third kappa shape index (κ3) is 12.4. The molecule has 3 amide bonds. The van der Waals surface area contributed by atoms with Gasteiger partial charge in [0.15, 0.2) is 0 Å². The first-order valence-corrected chi connectivity index (χ1v) is 15.6. The standard InChI is InChI=1S/C37H49N3O5/c1-36(2,3)40(26-33(42)38-25-29-20-14-9-15-21-29)34(43)30(22-27-16-10-7-11-17-27)24-32(41)31(23-28-18-12-8-13-19-28)39-35(44)45-37(4,5)6/h7-21,30-32,41H,22-26H2,1-6H3,(H,38,42)(H,39,44)/t30-,31+,32+/m1/s1. The summed E-state index contributed by atoms with van der Waals surface area (Å²) in [5.41, 5.74) is 1.44. The number of hydrogen-bond acceptors (Lipinski definition) is 5. The number of carbonyl (C=O) groups is 3. The zero-order valence-electron chi connectivity index (χ0n) is 27.5. The molecule has 0 bridgehead atoms. The second-order valence-corrected chi connectivity index (χ2v) is 13.5. The van der Waals surface area contributed by atoms with Crippen LogP contribution in [0.2, 0.25) is 0 Å². The van der Waals surface area contributed by atoms with Crippen molar-refractivity contribution >= 4 is 17.9 Å². The number of aliphatic hydroxyl groups is 1. The van der Waals surface area contributed by atoms with Gasteiger partial charge in [-0.1, -0.05) is 91.0 Å². The summed E-state index contributed by atoms with van der Waals surface area (Å²) in [6, 6.07) is 28.1. The van der Waals surface area contributed by atoms with E-state index in [1.165, 1.54) is 0 Å². The van der Waals surface area contributed by atoms with E-state index in [9.17, 15) is 19.5 Å². The van der Waals surface area contributed by atoms with Gasteiger partial charge in [-0.3, -0.25) is 9.59 Å². The first-order valence-electron chi connectivity index (χ1n) is 15.6. The Balaban J connectivity index is 1.86. The fourth-order valence-electron chi connectivity index (χ4n) is 5.10. The molecule has 0 fully saturated rings. The highest BCUT2D eigenvalue weighted by atomic mass is 16.6. The van der Waals surface area contributed by atoms with Crippen LogP contribution < -0.4 is 10.6 Å². The van der Waals surface area contributed by atoms with Gasteiger partial charge in [-0.2, -0.15) is 0 Å². The molecule has 0 aliphatic carbocycles. The molecule has 3 N–H and O–H groups in total. The molecule has 3 atom stereocenters. The van der Waals surface area contributed by atoms with Gasteiger partial charge in [0.05, 0.1) is 12.1 Å². The predicted octanol–water partition coefficient (Wildman–Crippen LogP) is 5.68. The van der Waals surface area contributed by atoms with Crippen molar-refractivity contribution < 1.29 is 24.2 Å². The Morgan fingerprint density at radius 1 is 0.756 bits per heavy atom. The van der Waals surface area contributed by atoms with Gasteiger partial charge in [0.1, 0.15) is 12.1 Å². The number of ether oxygens (including phenoxy) is 1. The molecule has 0 saturated heterocycles. The quantitative estimate of drug-likeness (QED) is 0.230. The molecule has 0 radical (unpaired) electrons. The van der Waals surface area contributed by atoms with Crippen molar-refractivity contribution in [3.63, 3.8) is 0 Å². The van der Waals surface area contributed by atoms with Crippen LogP contribution in [-0.2, 0) is 33.7 Å². The van der Waals surface area contributed by atoms with Crippen molar-refractivity contribution in [2.24, 2.45) is 5.92 Å². The monoisotopic (exact) mass is 615 g/mol. The Hall–Kier alpha value is -4.17. The van der Waals surface area contributed by atoms with E-state index in [1.807, 2.05) is 112 Å². The number of amides is 3. The number of rotatable bonds is 13. The fourth-order valence-corrected chi connectivity index (χ4v) is 5.10. The SMILES string of the molecule is CC(C)(C)OC(=O)N[C@@H](Cc1ccccc1)[C@@H](O)C[C@@H](Cc1ccccc1)C(=O)N(CC(=O)NCc1ccccc1)C(C)(C)C. The lowest BCUT2D eigenvalue weighted by atomic mass is 9.87. The highest BCUT2D eigenvalue weighted by Gasteiger charge is 2.36. The van der Waals surface area contributed by atoms with Gasteiger partial charge in [-0.25, -0.2) is 4.79 Å². The molecule has 8 nitrogen and oxygen atoms in total. The number of alkyl carbamates (subject to hydrolysis) is 1. The Labute approximate surface area is 268 Å². The van der Waals surface area contributed by atoms with Crippen molar-refractivity contribution in [3.05, 3.63) is 108 Å². The Bertz CT molecular complexity index is 1350. The van der Waals surface area contributed by atoms with Crippen LogP contribution in [0, 0.1) is 5.92 Å². The molecular formula is C37H49N3O5. The summed E-state index contributed by atoms with van der Waals surface area (Å²) in [4.78, 5) is 41.9. The molecule has 8 heteroatoms. The van der Waals surface area contributed by atoms with Crippen LogP contribution in [0.4, 0.5) is 4.79 Å². The summed E-state index contributed by atoms with van der Waals surface area (Å²) in [6.07, 6.45) is -0.944. The van der Waals surface area contributed by atoms with Crippen molar-refractivity contribution in [2.75, 3.05) is 6.54 Å². The van der Waals surface area contributed by atoms with Gasteiger partial charge in [0, 0.05) is 18.0 Å². The van der Waals surface area contributed by atoms with Crippen molar-refractivity contribution in [1.82, 2.24) is 15.5 Å². The van der Waals surface area contributed by atoms with E-state index >= 15 is 0 Å². The largest absolute Gasteiger partial charge is 0.444 e. The second-order valence-electron chi connectivity index (χ2n) is 13.5. The second kappa shape index (κ2) is 16.2. The maximum atomic E-state index is 14.4. The van der Waals surface area contributed by atoms with Crippen LogP contribution in [0.15, 0.2) is 91.0 Å². The van der Waals surface area contributed by atoms with Crippen LogP contribution in [0.5, 0.6) is 0 Å². The number of aliphatic hydroxyl groups excluding tert-OH is 1. The van der Waals surface area contributed by atoms with Gasteiger partial charge in [-0.15, -0.1) is 0 Å². The average molecular weight is 616 g/mol. The molecule has 0 spiro atoms. The van der Waals surface area contributed by atoms with E-state index in [2.05, 4.69) is 10.6 Å². The number of hydrogen-bond donors (Lipinski definition) is 3. The maximum Gasteiger partial charge on any atom is 0.407 e. The van der Waals surface area contributed by atoms with Gasteiger partial charge in [0.25, 0.3) is 0 Å². The summed E-state index contributed by atoms with van der Waals surface area (Å²) in [5, 5.41) is 17.5. The summed E-state index contributed by atoms with van der Waals surface area (Å²) in [6.45, 7) is 11.3. The van der Waals surface area contributed by atoms with Crippen molar-refractivity contribution in [3.8, 4) is 0 Å². The lowest BCUT2D eigenvalue weighted by Crippen LogP contribution is -2.54. The summed E-state index contributed by atoms with van der Waals surface area (Å²) >= 11 is 0. The fraction of sp³-hybridized carbons (Fsp3) is 0.432. The summed E-state index contributed by atoms with van der Waals surface area (Å²) < 4.78 is 5.50. The van der Waals surface area contributed by atoms with E-state index in [0.29, 0.717) is 19.4 Å². The molecule has 242 valence electrons. The van der Waals surface area contributed by atoms with Crippen LogP contribution in [-0.4, -0.2) is 57.7 Å². The van der Waals surface area contributed by atoms with Crippen LogP contribution in [0.25, 0.3) is 0 Å². The predicted molar refractivity (Wildman–Crippen MR) is 177 cm³/mol. The molecule has 0 aromatic heterocycles. The third-order valence-corrected chi connectivity index (χ3v) is 7.38. The lowest BCUT2D eigenvalue weighted by molar-refractivity contribution is -0.145. The maximum absolute atomic E-state index is 14.4. The Kier molecular flexibility index (Phi) is 12.7. The van der Waals surface area contributed by atoms with Crippen LogP contribution in [0.3, 0.4) is 0 Å². The molecule has 0 saturated carbocycles. The van der Waals surface area contributed by atoms with E-state index in [1.54, 1.807) is 25.7 Å². The van der Waals surface area contributed by atoms with Crippen LogP contribution >= 0.6 is 0 Å². The molecule has 3 aromatic carbocycles. The lowest BCUT2D eigenvalue weighted by Gasteiger charge is -2.38. The van der Waals surface area contributed by atoms with Gasteiger partial charge < -0.3 is 25.4 Å². The van der Waals surface area contributed by atoms with Crippen LogP contribution in [0.1, 0.15) is 64.7 Å². The molecule has 3 aromatic rings. The minimum absolute atomic E-state index is 0.0687. The molecular weight excluding hydrogens is 566 g/mol.